The lowest BCUT2D eigenvalue weighted by molar-refractivity contribution is 0.183. The van der Waals surface area contributed by atoms with Gasteiger partial charge in [0.05, 0.1) is 0 Å². The normalized spacial score (nSPS) is 25.9. The van der Waals surface area contributed by atoms with Crippen LogP contribution in [0.3, 0.4) is 0 Å². The Kier molecular flexibility index (Phi) is 3.00. The zero-order valence-electron chi connectivity index (χ0n) is 10.5. The van der Waals surface area contributed by atoms with Gasteiger partial charge in [0, 0.05) is 12.2 Å². The summed E-state index contributed by atoms with van der Waals surface area (Å²) < 4.78 is 0. The molecule has 0 aliphatic carbocycles. The number of urea groups is 1. The maximum atomic E-state index is 12.5. The zero-order chi connectivity index (χ0) is 13.4. The predicted molar refractivity (Wildman–Crippen MR) is 76.3 cm³/mol. The first-order valence-electron chi connectivity index (χ1n) is 6.19. The molecular formula is C12H15N5OS. The number of hydrogen-bond acceptors (Lipinski definition) is 3. The Morgan fingerprint density at radius 3 is 2.68 bits per heavy atom. The van der Waals surface area contributed by atoms with Crippen LogP contribution < -0.4 is 21.1 Å². The number of thiocarbonyl (C=S) groups is 1. The molecule has 2 fully saturated rings. The van der Waals surface area contributed by atoms with Crippen molar-refractivity contribution >= 4 is 29.0 Å². The molecule has 3 rings (SSSR count). The molecule has 1 aromatic rings. The molecule has 1 aromatic carbocycles. The maximum absolute atomic E-state index is 12.5. The molecule has 2 aliphatic rings. The minimum absolute atomic E-state index is 0.0322. The minimum atomic E-state index is -0.205. The van der Waals surface area contributed by atoms with Crippen molar-refractivity contribution in [2.45, 2.75) is 19.3 Å². The number of fused-ring (bicyclic) bond motifs is 1. The fraction of sp³-hybridized carbons (Fsp3) is 0.333. The van der Waals surface area contributed by atoms with Crippen LogP contribution in [0, 0.1) is 0 Å². The third-order valence-corrected chi connectivity index (χ3v) is 3.57. The number of anilines is 1. The quantitative estimate of drug-likeness (QED) is 0.691. The SMILES string of the molecule is CCN1C(=O)N(c2ccccc2)C2NC(=S)NNC21. The Morgan fingerprint density at radius 2 is 2.00 bits per heavy atom. The molecule has 0 bridgehead atoms. The molecule has 3 N–H and O–H groups in total. The molecule has 100 valence electrons. The molecule has 2 aliphatic heterocycles. The molecule has 7 heteroatoms. The molecule has 0 spiro atoms. The number of hydrazine groups is 1. The molecule has 0 aromatic heterocycles. The van der Waals surface area contributed by atoms with Crippen molar-refractivity contribution in [3.05, 3.63) is 30.3 Å². The summed E-state index contributed by atoms with van der Waals surface area (Å²) in [7, 11) is 0. The second-order valence-corrected chi connectivity index (χ2v) is 4.81. The summed E-state index contributed by atoms with van der Waals surface area (Å²) >= 11 is 5.11. The molecule has 2 atom stereocenters. The number of amides is 2. The van der Waals surface area contributed by atoms with Crippen molar-refractivity contribution in [2.24, 2.45) is 0 Å². The van der Waals surface area contributed by atoms with Crippen LogP contribution in [0.15, 0.2) is 30.3 Å². The van der Waals surface area contributed by atoms with E-state index in [4.69, 9.17) is 12.2 Å². The third-order valence-electron chi connectivity index (χ3n) is 3.35. The molecule has 2 saturated heterocycles. The largest absolute Gasteiger partial charge is 0.338 e. The standard InChI is InChI=1S/C12H15N5OS/c1-2-16-10-9(13-11(19)15-14-10)17(12(16)18)8-6-4-3-5-7-8/h3-7,9-10,14H,2H2,1H3,(H2,13,15,19). The molecule has 2 amide bonds. The van der Waals surface area contributed by atoms with Crippen molar-refractivity contribution in [3.63, 3.8) is 0 Å². The highest BCUT2D eigenvalue weighted by Crippen LogP contribution is 2.27. The van der Waals surface area contributed by atoms with E-state index in [0.717, 1.165) is 5.69 Å². The minimum Gasteiger partial charge on any atom is -0.338 e. The van der Waals surface area contributed by atoms with Gasteiger partial charge in [0.1, 0.15) is 12.3 Å². The Bertz CT molecular complexity index is 508. The van der Waals surface area contributed by atoms with E-state index in [-0.39, 0.29) is 18.4 Å². The van der Waals surface area contributed by atoms with E-state index in [1.165, 1.54) is 0 Å². The van der Waals surface area contributed by atoms with Crippen LogP contribution in [0.25, 0.3) is 0 Å². The monoisotopic (exact) mass is 277 g/mol. The summed E-state index contributed by atoms with van der Waals surface area (Å²) in [5, 5.41) is 3.64. The van der Waals surface area contributed by atoms with E-state index >= 15 is 0 Å². The van der Waals surface area contributed by atoms with Crippen molar-refractivity contribution in [1.29, 1.82) is 0 Å². The summed E-state index contributed by atoms with van der Waals surface area (Å²) in [5.74, 6) is 0. The first kappa shape index (κ1) is 12.2. The van der Waals surface area contributed by atoms with E-state index < -0.39 is 0 Å². The number of carbonyl (C=O) groups excluding carboxylic acids is 1. The van der Waals surface area contributed by atoms with Crippen molar-refractivity contribution in [2.75, 3.05) is 11.4 Å². The second-order valence-electron chi connectivity index (χ2n) is 4.41. The van der Waals surface area contributed by atoms with Gasteiger partial charge < -0.3 is 10.2 Å². The van der Waals surface area contributed by atoms with E-state index in [1.807, 2.05) is 37.3 Å². The van der Waals surface area contributed by atoms with Gasteiger partial charge in [-0.15, -0.1) is 0 Å². The van der Waals surface area contributed by atoms with Gasteiger partial charge in [0.25, 0.3) is 0 Å². The summed E-state index contributed by atoms with van der Waals surface area (Å²) in [4.78, 5) is 16.0. The van der Waals surface area contributed by atoms with Crippen molar-refractivity contribution < 1.29 is 4.79 Å². The van der Waals surface area contributed by atoms with Gasteiger partial charge in [0.2, 0.25) is 0 Å². The van der Waals surface area contributed by atoms with Crippen LogP contribution in [0.1, 0.15) is 6.92 Å². The zero-order valence-corrected chi connectivity index (χ0v) is 11.3. The van der Waals surface area contributed by atoms with Crippen molar-refractivity contribution in [3.8, 4) is 0 Å². The van der Waals surface area contributed by atoms with E-state index in [2.05, 4.69) is 16.2 Å². The fourth-order valence-corrected chi connectivity index (χ4v) is 2.67. The number of carbonyl (C=O) groups is 1. The number of hydrogen-bond donors (Lipinski definition) is 3. The van der Waals surface area contributed by atoms with Gasteiger partial charge in [-0.3, -0.25) is 10.3 Å². The lowest BCUT2D eigenvalue weighted by Crippen LogP contribution is -2.68. The van der Waals surface area contributed by atoms with Gasteiger partial charge in [-0.25, -0.2) is 10.2 Å². The summed E-state index contributed by atoms with van der Waals surface area (Å²) in [6.45, 7) is 2.59. The molecular weight excluding hydrogens is 262 g/mol. The maximum Gasteiger partial charge on any atom is 0.327 e. The van der Waals surface area contributed by atoms with Crippen LogP contribution in [0.4, 0.5) is 10.5 Å². The first-order valence-corrected chi connectivity index (χ1v) is 6.60. The van der Waals surface area contributed by atoms with Crippen LogP contribution in [0.2, 0.25) is 0 Å². The lowest BCUT2D eigenvalue weighted by atomic mass is 10.2. The smallest absolute Gasteiger partial charge is 0.327 e. The fourth-order valence-electron chi connectivity index (χ4n) is 2.49. The molecule has 2 unspecified atom stereocenters. The highest BCUT2D eigenvalue weighted by Gasteiger charge is 2.48. The van der Waals surface area contributed by atoms with Crippen LogP contribution in [-0.4, -0.2) is 34.9 Å². The number of nitrogens with one attached hydrogen (secondary N) is 3. The third kappa shape index (κ3) is 1.91. The molecule has 0 saturated carbocycles. The Labute approximate surface area is 116 Å². The second kappa shape index (κ2) is 4.67. The van der Waals surface area contributed by atoms with Gasteiger partial charge in [-0.2, -0.15) is 0 Å². The molecule has 19 heavy (non-hydrogen) atoms. The number of rotatable bonds is 2. The Morgan fingerprint density at radius 1 is 1.26 bits per heavy atom. The number of nitrogens with zero attached hydrogens (tertiary/aromatic N) is 2. The molecule has 0 radical (unpaired) electrons. The van der Waals surface area contributed by atoms with Gasteiger partial charge in [-0.1, -0.05) is 18.2 Å². The van der Waals surface area contributed by atoms with Crippen LogP contribution in [0.5, 0.6) is 0 Å². The molecule has 2 heterocycles. The number of likely N-dealkylation sites (N-methyl/N-ethyl adjacent to an activating group) is 1. The number of benzene rings is 1. The number of para-hydroxylation sites is 1. The van der Waals surface area contributed by atoms with Gasteiger partial charge in [0.15, 0.2) is 5.11 Å². The summed E-state index contributed by atoms with van der Waals surface area (Å²) in [6.07, 6.45) is -0.354. The summed E-state index contributed by atoms with van der Waals surface area (Å²) in [5.41, 5.74) is 6.79. The highest BCUT2D eigenvalue weighted by atomic mass is 32.1. The summed E-state index contributed by atoms with van der Waals surface area (Å²) in [6, 6.07) is 9.56. The van der Waals surface area contributed by atoms with E-state index in [9.17, 15) is 4.79 Å². The van der Waals surface area contributed by atoms with E-state index in [0.29, 0.717) is 11.7 Å². The molecule has 6 nitrogen and oxygen atoms in total. The van der Waals surface area contributed by atoms with Crippen LogP contribution in [-0.2, 0) is 0 Å². The van der Waals surface area contributed by atoms with Gasteiger partial charge in [-0.05, 0) is 31.3 Å². The first-order chi connectivity index (χ1) is 9.22. The lowest BCUT2D eigenvalue weighted by Gasteiger charge is -2.34. The van der Waals surface area contributed by atoms with E-state index in [1.54, 1.807) is 9.80 Å². The Balaban J connectivity index is 1.98. The Hall–Kier alpha value is -1.86. The van der Waals surface area contributed by atoms with Crippen LogP contribution >= 0.6 is 12.2 Å². The van der Waals surface area contributed by atoms with Crippen molar-refractivity contribution in [1.82, 2.24) is 21.1 Å². The predicted octanol–water partition coefficient (Wildman–Crippen LogP) is 0.583. The highest BCUT2D eigenvalue weighted by molar-refractivity contribution is 7.80. The average Bonchev–Trinajstić information content (AvgIpc) is 2.70. The average molecular weight is 277 g/mol. The topological polar surface area (TPSA) is 59.6 Å². The van der Waals surface area contributed by atoms with Gasteiger partial charge >= 0.3 is 6.03 Å².